The molecule has 0 saturated carbocycles. The van der Waals surface area contributed by atoms with Gasteiger partial charge in [0.05, 0.1) is 17.2 Å². The van der Waals surface area contributed by atoms with E-state index >= 15 is 0 Å². The second-order valence-corrected chi connectivity index (χ2v) is 6.92. The van der Waals surface area contributed by atoms with Crippen LogP contribution in [0.25, 0.3) is 11.0 Å². The molecule has 0 aliphatic heterocycles. The highest BCUT2D eigenvalue weighted by atomic mass is 127. The lowest BCUT2D eigenvalue weighted by Crippen LogP contribution is -2.18. The van der Waals surface area contributed by atoms with Crippen molar-refractivity contribution in [3.63, 3.8) is 0 Å². The van der Waals surface area contributed by atoms with Crippen molar-refractivity contribution in [2.24, 2.45) is 5.10 Å². The summed E-state index contributed by atoms with van der Waals surface area (Å²) >= 11 is 8.07. The van der Waals surface area contributed by atoms with Crippen molar-refractivity contribution >= 4 is 57.3 Å². The van der Waals surface area contributed by atoms with E-state index in [1.54, 1.807) is 24.3 Å². The van der Waals surface area contributed by atoms with E-state index in [4.69, 9.17) is 16.0 Å². The summed E-state index contributed by atoms with van der Waals surface area (Å²) in [5, 5.41) is 4.64. The zero-order chi connectivity index (χ0) is 18.0. The molecule has 2 aromatic carbocycles. The highest BCUT2D eigenvalue weighted by Gasteiger charge is 2.08. The molecule has 1 aromatic heterocycles. The van der Waals surface area contributed by atoms with Crippen LogP contribution in [0.4, 0.5) is 0 Å². The molecule has 0 unspecified atom stereocenters. The molecule has 0 bridgehead atoms. The van der Waals surface area contributed by atoms with E-state index in [9.17, 15) is 9.59 Å². The zero-order valence-corrected chi connectivity index (χ0v) is 16.0. The summed E-state index contributed by atoms with van der Waals surface area (Å²) in [4.78, 5) is 24.5. The summed E-state index contributed by atoms with van der Waals surface area (Å²) in [6.45, 7) is 1.97. The Morgan fingerprint density at radius 2 is 2.08 bits per heavy atom. The van der Waals surface area contributed by atoms with Gasteiger partial charge < -0.3 is 4.42 Å². The van der Waals surface area contributed by atoms with Gasteiger partial charge in [0, 0.05) is 14.2 Å². The summed E-state index contributed by atoms with van der Waals surface area (Å²) in [5.41, 5.74) is 4.36. The summed E-state index contributed by atoms with van der Waals surface area (Å²) < 4.78 is 6.37. The second-order valence-electron chi connectivity index (χ2n) is 5.32. The lowest BCUT2D eigenvalue weighted by molar-refractivity contribution is 0.0955. The van der Waals surface area contributed by atoms with Crippen molar-refractivity contribution in [2.45, 2.75) is 6.92 Å². The fourth-order valence-corrected chi connectivity index (χ4v) is 2.85. The number of halogens is 2. The summed E-state index contributed by atoms with van der Waals surface area (Å²) in [5.74, 6) is -0.359. The molecule has 3 rings (SSSR count). The molecule has 0 radical (unpaired) electrons. The third kappa shape index (κ3) is 3.91. The van der Waals surface area contributed by atoms with Gasteiger partial charge in [0.15, 0.2) is 0 Å². The van der Waals surface area contributed by atoms with Crippen LogP contribution in [-0.2, 0) is 0 Å². The smallest absolute Gasteiger partial charge is 0.271 e. The Morgan fingerprint density at radius 3 is 2.84 bits per heavy atom. The molecule has 5 nitrogen and oxygen atoms in total. The maximum absolute atomic E-state index is 12.4. The van der Waals surface area contributed by atoms with Gasteiger partial charge >= 0.3 is 0 Å². The average Bonchev–Trinajstić information content (AvgIpc) is 2.59. The van der Waals surface area contributed by atoms with Gasteiger partial charge in [-0.05, 0) is 65.4 Å². The Labute approximate surface area is 161 Å². The molecule has 3 aromatic rings. The zero-order valence-electron chi connectivity index (χ0n) is 13.0. The molecule has 0 atom stereocenters. The van der Waals surface area contributed by atoms with E-state index in [1.165, 1.54) is 18.5 Å². The van der Waals surface area contributed by atoms with Crippen LogP contribution >= 0.6 is 34.2 Å². The number of carbonyl (C=O) groups excluding carboxylic acids is 1. The first kappa shape index (κ1) is 17.6. The molecule has 0 spiro atoms. The number of rotatable bonds is 3. The first-order valence-electron chi connectivity index (χ1n) is 7.26. The second kappa shape index (κ2) is 7.37. The number of aryl methyl sites for hydroxylation is 1. The molecule has 1 N–H and O–H groups in total. The monoisotopic (exact) mass is 466 g/mol. The fourth-order valence-electron chi connectivity index (χ4n) is 2.17. The predicted octanol–water partition coefficient (Wildman–Crippen LogP) is 4.12. The Kier molecular flexibility index (Phi) is 5.19. The highest BCUT2D eigenvalue weighted by molar-refractivity contribution is 14.1. The van der Waals surface area contributed by atoms with Crippen LogP contribution in [0.3, 0.4) is 0 Å². The molecule has 0 aliphatic carbocycles. The lowest BCUT2D eigenvalue weighted by atomic mass is 10.1. The number of hydrogen-bond donors (Lipinski definition) is 1. The van der Waals surface area contributed by atoms with Crippen LogP contribution in [0.15, 0.2) is 57.0 Å². The Hall–Kier alpha value is -2.19. The van der Waals surface area contributed by atoms with Crippen LogP contribution in [0.5, 0.6) is 0 Å². The minimum atomic E-state index is -0.359. The van der Waals surface area contributed by atoms with E-state index in [0.717, 1.165) is 9.13 Å². The summed E-state index contributed by atoms with van der Waals surface area (Å²) in [6, 6.07) is 10.2. The van der Waals surface area contributed by atoms with E-state index < -0.39 is 0 Å². The Morgan fingerprint density at radius 1 is 1.28 bits per heavy atom. The lowest BCUT2D eigenvalue weighted by Gasteiger charge is -2.03. The van der Waals surface area contributed by atoms with Crippen LogP contribution in [-0.4, -0.2) is 12.1 Å². The van der Waals surface area contributed by atoms with Crippen molar-refractivity contribution in [1.29, 1.82) is 0 Å². The third-order valence-electron chi connectivity index (χ3n) is 3.57. The first-order valence-corrected chi connectivity index (χ1v) is 8.72. The molecule has 0 aliphatic rings. The molecule has 0 saturated heterocycles. The number of hydrazone groups is 1. The van der Waals surface area contributed by atoms with Gasteiger partial charge in [-0.1, -0.05) is 17.7 Å². The van der Waals surface area contributed by atoms with Crippen molar-refractivity contribution in [3.05, 3.63) is 78.2 Å². The van der Waals surface area contributed by atoms with E-state index in [-0.39, 0.29) is 16.9 Å². The molecular weight excluding hydrogens is 455 g/mol. The van der Waals surface area contributed by atoms with Gasteiger partial charge in [-0.2, -0.15) is 5.10 Å². The number of nitrogens with one attached hydrogen (secondary N) is 1. The van der Waals surface area contributed by atoms with Gasteiger partial charge in [0.25, 0.3) is 5.91 Å². The Bertz CT molecular complexity index is 1060. The number of nitrogens with zero attached hydrogens (tertiary/aromatic N) is 1. The fraction of sp³-hybridized carbons (Fsp3) is 0.0556. The first-order chi connectivity index (χ1) is 12.0. The van der Waals surface area contributed by atoms with Gasteiger partial charge in [-0.3, -0.25) is 9.59 Å². The van der Waals surface area contributed by atoms with Gasteiger partial charge in [-0.25, -0.2) is 5.43 Å². The number of amides is 1. The average molecular weight is 467 g/mol. The molecule has 0 fully saturated rings. The van der Waals surface area contributed by atoms with E-state index in [2.05, 4.69) is 33.1 Å². The maximum Gasteiger partial charge on any atom is 0.271 e. The van der Waals surface area contributed by atoms with Crippen molar-refractivity contribution < 1.29 is 9.21 Å². The van der Waals surface area contributed by atoms with Crippen molar-refractivity contribution in [1.82, 2.24) is 5.43 Å². The SMILES string of the molecule is Cc1ccc(C(=O)N/N=C/c2coc3ccc(Cl)cc3c2=O)cc1I. The molecule has 1 amide bonds. The minimum absolute atomic E-state index is 0.216. The number of benzene rings is 2. The third-order valence-corrected chi connectivity index (χ3v) is 4.96. The minimum Gasteiger partial charge on any atom is -0.463 e. The van der Waals surface area contributed by atoms with Gasteiger partial charge in [0.2, 0.25) is 5.43 Å². The van der Waals surface area contributed by atoms with Crippen LogP contribution in [0.2, 0.25) is 5.02 Å². The van der Waals surface area contributed by atoms with Crippen molar-refractivity contribution in [2.75, 3.05) is 0 Å². The largest absolute Gasteiger partial charge is 0.463 e. The molecule has 126 valence electrons. The predicted molar refractivity (Wildman–Crippen MR) is 106 cm³/mol. The summed E-state index contributed by atoms with van der Waals surface area (Å²) in [7, 11) is 0. The number of hydrogen-bond acceptors (Lipinski definition) is 4. The topological polar surface area (TPSA) is 71.7 Å². The van der Waals surface area contributed by atoms with E-state index in [1.807, 2.05) is 13.0 Å². The number of carbonyl (C=O) groups is 1. The Balaban J connectivity index is 1.81. The number of fused-ring (bicyclic) bond motifs is 1. The van der Waals surface area contributed by atoms with E-state index in [0.29, 0.717) is 21.6 Å². The highest BCUT2D eigenvalue weighted by Crippen LogP contribution is 2.16. The molecule has 7 heteroatoms. The van der Waals surface area contributed by atoms with Crippen LogP contribution in [0, 0.1) is 10.5 Å². The maximum atomic E-state index is 12.4. The molecular formula is C18H12ClIN2O3. The van der Waals surface area contributed by atoms with Gasteiger partial charge in [0.1, 0.15) is 11.8 Å². The molecule has 25 heavy (non-hydrogen) atoms. The summed E-state index contributed by atoms with van der Waals surface area (Å²) in [6.07, 6.45) is 2.55. The van der Waals surface area contributed by atoms with Crippen molar-refractivity contribution in [3.8, 4) is 0 Å². The normalized spacial score (nSPS) is 11.2. The molecule has 1 heterocycles. The van der Waals surface area contributed by atoms with Crippen LogP contribution < -0.4 is 10.9 Å². The standard InChI is InChI=1S/C18H12ClIN2O3/c1-10-2-3-11(6-15(10)20)18(24)22-21-8-12-9-25-16-5-4-13(19)7-14(16)17(12)23/h2-9H,1H3,(H,22,24)/b21-8+. The van der Waals surface area contributed by atoms with Crippen LogP contribution in [0.1, 0.15) is 21.5 Å². The quantitative estimate of drug-likeness (QED) is 0.358. The van der Waals surface area contributed by atoms with Gasteiger partial charge in [-0.15, -0.1) is 0 Å².